The lowest BCUT2D eigenvalue weighted by Gasteiger charge is -2.15. The van der Waals surface area contributed by atoms with Gasteiger partial charge in [0.15, 0.2) is 0 Å². The third-order valence-corrected chi connectivity index (χ3v) is 3.10. The van der Waals surface area contributed by atoms with Gasteiger partial charge in [-0.1, -0.05) is 13.3 Å². The summed E-state index contributed by atoms with van der Waals surface area (Å²) in [6.07, 6.45) is 1.73. The Kier molecular flexibility index (Phi) is 6.97. The smallest absolute Gasteiger partial charge is 0.332 e. The fraction of sp³-hybridized carbons (Fsp3) is 0.692. The number of hydrogen-bond donors (Lipinski definition) is 3. The molecule has 0 aliphatic rings. The first-order chi connectivity index (χ1) is 10.0. The monoisotopic (exact) mass is 300 g/mol. The van der Waals surface area contributed by atoms with E-state index in [4.69, 9.17) is 15.6 Å². The van der Waals surface area contributed by atoms with Gasteiger partial charge in [0.05, 0.1) is 19.8 Å². The van der Waals surface area contributed by atoms with E-state index in [1.54, 1.807) is 0 Å². The van der Waals surface area contributed by atoms with Crippen LogP contribution in [0.5, 0.6) is 0 Å². The second kappa shape index (κ2) is 8.48. The fourth-order valence-corrected chi connectivity index (χ4v) is 1.90. The highest BCUT2D eigenvalue weighted by atomic mass is 16.5. The predicted molar refractivity (Wildman–Crippen MR) is 81.7 cm³/mol. The topological polar surface area (TPSA) is 112 Å². The maximum Gasteiger partial charge on any atom is 0.332 e. The van der Waals surface area contributed by atoms with Crippen LogP contribution >= 0.6 is 0 Å². The Labute approximate surface area is 123 Å². The van der Waals surface area contributed by atoms with Crippen LogP contribution in [-0.2, 0) is 18.3 Å². The highest BCUT2D eigenvalue weighted by Crippen LogP contribution is 2.11. The predicted octanol–water partition coefficient (Wildman–Crippen LogP) is -0.650. The van der Waals surface area contributed by atoms with Crippen molar-refractivity contribution in [1.82, 2.24) is 9.13 Å². The van der Waals surface area contributed by atoms with Gasteiger partial charge < -0.3 is 20.9 Å². The number of anilines is 2. The Morgan fingerprint density at radius 3 is 2.67 bits per heavy atom. The molecule has 0 saturated carbocycles. The second-order valence-electron chi connectivity index (χ2n) is 4.67. The highest BCUT2D eigenvalue weighted by molar-refractivity contribution is 5.60. The Balaban J connectivity index is 2.94. The molecule has 0 radical (unpaired) electrons. The molecular formula is C13H24N4O4. The van der Waals surface area contributed by atoms with Crippen LogP contribution < -0.4 is 22.3 Å². The number of unbranched alkanes of at least 4 members (excludes halogenated alkanes) is 1. The molecule has 0 fully saturated rings. The quantitative estimate of drug-likeness (QED) is 0.523. The Hall–Kier alpha value is -1.80. The minimum absolute atomic E-state index is 0.0498. The van der Waals surface area contributed by atoms with Crippen LogP contribution in [0.4, 0.5) is 11.5 Å². The Bertz CT molecular complexity index is 565. The van der Waals surface area contributed by atoms with E-state index in [0.717, 1.165) is 17.4 Å². The van der Waals surface area contributed by atoms with E-state index in [1.807, 2.05) is 6.92 Å². The lowest BCUT2D eigenvalue weighted by molar-refractivity contribution is 0.0992. The normalized spacial score (nSPS) is 10.8. The summed E-state index contributed by atoms with van der Waals surface area (Å²) in [5.41, 5.74) is 5.29. The molecule has 120 valence electrons. The third kappa shape index (κ3) is 4.33. The SMILES string of the molecule is CCCCn1c(N)c(NCCOCCO)c(=O)n(C)c1=O. The molecule has 0 aliphatic carbocycles. The van der Waals surface area contributed by atoms with Gasteiger partial charge >= 0.3 is 5.69 Å². The van der Waals surface area contributed by atoms with E-state index in [9.17, 15) is 9.59 Å². The van der Waals surface area contributed by atoms with Gasteiger partial charge in [-0.2, -0.15) is 0 Å². The number of nitrogens with one attached hydrogen (secondary N) is 1. The van der Waals surface area contributed by atoms with Crippen LogP contribution in [0.1, 0.15) is 19.8 Å². The fourth-order valence-electron chi connectivity index (χ4n) is 1.90. The molecule has 1 aromatic rings. The number of aliphatic hydroxyl groups excluding tert-OH is 1. The zero-order valence-electron chi connectivity index (χ0n) is 12.6. The van der Waals surface area contributed by atoms with Gasteiger partial charge in [-0.15, -0.1) is 0 Å². The summed E-state index contributed by atoms with van der Waals surface area (Å²) in [7, 11) is 1.43. The molecule has 8 nitrogen and oxygen atoms in total. The van der Waals surface area contributed by atoms with Gasteiger partial charge in [-0.25, -0.2) is 4.79 Å². The summed E-state index contributed by atoms with van der Waals surface area (Å²) in [6.45, 7) is 3.38. The largest absolute Gasteiger partial charge is 0.394 e. The molecule has 0 unspecified atom stereocenters. The average Bonchev–Trinajstić information content (AvgIpc) is 2.48. The van der Waals surface area contributed by atoms with Crippen LogP contribution in [-0.4, -0.2) is 40.6 Å². The van der Waals surface area contributed by atoms with Gasteiger partial charge in [0, 0.05) is 20.1 Å². The molecule has 0 saturated heterocycles. The van der Waals surface area contributed by atoms with E-state index in [2.05, 4.69) is 5.32 Å². The summed E-state index contributed by atoms with van der Waals surface area (Å²) in [4.78, 5) is 24.1. The molecule has 0 bridgehead atoms. The van der Waals surface area contributed by atoms with Crippen LogP contribution in [0, 0.1) is 0 Å². The summed E-state index contributed by atoms with van der Waals surface area (Å²) in [6, 6.07) is 0. The highest BCUT2D eigenvalue weighted by Gasteiger charge is 2.14. The van der Waals surface area contributed by atoms with Crippen molar-refractivity contribution in [2.45, 2.75) is 26.3 Å². The summed E-state index contributed by atoms with van der Waals surface area (Å²) < 4.78 is 7.55. The number of hydrogen-bond acceptors (Lipinski definition) is 6. The number of aliphatic hydroxyl groups is 1. The van der Waals surface area contributed by atoms with E-state index in [-0.39, 0.29) is 24.7 Å². The average molecular weight is 300 g/mol. The Morgan fingerprint density at radius 2 is 2.05 bits per heavy atom. The molecular weight excluding hydrogens is 276 g/mol. The maximum absolute atomic E-state index is 12.1. The van der Waals surface area contributed by atoms with Crippen LogP contribution in [0.25, 0.3) is 0 Å². The molecule has 1 heterocycles. The molecule has 0 amide bonds. The molecule has 0 spiro atoms. The number of rotatable bonds is 9. The minimum atomic E-state index is -0.451. The van der Waals surface area contributed by atoms with E-state index >= 15 is 0 Å². The first-order valence-corrected chi connectivity index (χ1v) is 7.06. The van der Waals surface area contributed by atoms with Gasteiger partial charge in [0.25, 0.3) is 5.56 Å². The van der Waals surface area contributed by atoms with Gasteiger partial charge in [-0.05, 0) is 6.42 Å². The zero-order chi connectivity index (χ0) is 15.8. The van der Waals surface area contributed by atoms with Gasteiger partial charge in [0.2, 0.25) is 0 Å². The first-order valence-electron chi connectivity index (χ1n) is 7.06. The molecule has 0 atom stereocenters. The molecule has 21 heavy (non-hydrogen) atoms. The van der Waals surface area contributed by atoms with E-state index < -0.39 is 11.2 Å². The van der Waals surface area contributed by atoms with Crippen molar-refractivity contribution < 1.29 is 9.84 Å². The zero-order valence-corrected chi connectivity index (χ0v) is 12.6. The second-order valence-corrected chi connectivity index (χ2v) is 4.67. The number of aromatic nitrogens is 2. The van der Waals surface area contributed by atoms with E-state index in [0.29, 0.717) is 19.7 Å². The molecule has 8 heteroatoms. The summed E-state index contributed by atoms with van der Waals surface area (Å²) in [5, 5.41) is 11.5. The van der Waals surface area contributed by atoms with Crippen molar-refractivity contribution in [3.05, 3.63) is 20.8 Å². The van der Waals surface area contributed by atoms with Crippen molar-refractivity contribution in [2.24, 2.45) is 7.05 Å². The molecule has 1 aromatic heterocycles. The van der Waals surface area contributed by atoms with Gasteiger partial charge in [-0.3, -0.25) is 13.9 Å². The lowest BCUT2D eigenvalue weighted by atomic mass is 10.3. The van der Waals surface area contributed by atoms with Crippen molar-refractivity contribution >= 4 is 11.5 Å². The summed E-state index contributed by atoms with van der Waals surface area (Å²) >= 11 is 0. The number of nitrogens with two attached hydrogens (primary N) is 1. The molecule has 4 N–H and O–H groups in total. The summed E-state index contributed by atoms with van der Waals surface area (Å²) in [5.74, 6) is 0.152. The van der Waals surface area contributed by atoms with E-state index in [1.165, 1.54) is 11.6 Å². The van der Waals surface area contributed by atoms with Crippen LogP contribution in [0.15, 0.2) is 9.59 Å². The maximum atomic E-state index is 12.1. The lowest BCUT2D eigenvalue weighted by Crippen LogP contribution is -2.41. The van der Waals surface area contributed by atoms with Crippen molar-refractivity contribution in [2.75, 3.05) is 37.4 Å². The van der Waals surface area contributed by atoms with Crippen molar-refractivity contribution in [3.63, 3.8) is 0 Å². The third-order valence-electron chi connectivity index (χ3n) is 3.10. The minimum Gasteiger partial charge on any atom is -0.394 e. The van der Waals surface area contributed by atoms with Gasteiger partial charge in [0.1, 0.15) is 11.5 Å². The standard InChI is InChI=1S/C13H24N4O4/c1-3-4-6-17-11(14)10(12(19)16(2)13(17)20)15-5-8-21-9-7-18/h15,18H,3-9,14H2,1-2H3. The van der Waals surface area contributed by atoms with Crippen LogP contribution in [0.3, 0.4) is 0 Å². The number of ether oxygens (including phenoxy) is 1. The number of nitrogens with zero attached hydrogens (tertiary/aromatic N) is 2. The van der Waals surface area contributed by atoms with Crippen LogP contribution in [0.2, 0.25) is 0 Å². The first kappa shape index (κ1) is 17.3. The molecule has 1 rings (SSSR count). The Morgan fingerprint density at radius 1 is 1.33 bits per heavy atom. The van der Waals surface area contributed by atoms with Crippen molar-refractivity contribution in [1.29, 1.82) is 0 Å². The number of nitrogen functional groups attached to an aromatic ring is 1. The molecule has 0 aliphatic heterocycles. The van der Waals surface area contributed by atoms with Crippen molar-refractivity contribution in [3.8, 4) is 0 Å². The molecule has 0 aromatic carbocycles.